The predicted molar refractivity (Wildman–Crippen MR) is 77.8 cm³/mol. The molecule has 110 valence electrons. The molecule has 7 heteroatoms. The number of rotatable bonds is 3. The first kappa shape index (κ1) is 15.4. The van der Waals surface area contributed by atoms with Crippen LogP contribution < -0.4 is 5.56 Å². The fraction of sp³-hybridized carbons (Fsp3) is 0.214. The number of aryl methyl sites for hydroxylation is 1. The summed E-state index contributed by atoms with van der Waals surface area (Å²) in [5, 5.41) is 0. The number of hydrogen-bond donors (Lipinski definition) is 0. The lowest BCUT2D eigenvalue weighted by atomic mass is 10.1. The quantitative estimate of drug-likeness (QED) is 0.793. The van der Waals surface area contributed by atoms with Gasteiger partial charge in [0.1, 0.15) is 16.1 Å². The average molecular weight is 355 g/mol. The summed E-state index contributed by atoms with van der Waals surface area (Å²) in [7, 11) is 1.19. The number of carbonyl (C=O) groups excluding carboxylic acids is 1. The third-order valence-corrected chi connectivity index (χ3v) is 3.53. The summed E-state index contributed by atoms with van der Waals surface area (Å²) in [5.41, 5.74) is 0.155. The number of methoxy groups -OCH3 is 1. The Hall–Kier alpha value is -2.02. The average Bonchev–Trinajstić information content (AvgIpc) is 2.47. The van der Waals surface area contributed by atoms with Crippen molar-refractivity contribution in [2.45, 2.75) is 13.5 Å². The number of aromatic nitrogens is 2. The van der Waals surface area contributed by atoms with Gasteiger partial charge in [-0.1, -0.05) is 6.07 Å². The zero-order chi connectivity index (χ0) is 15.6. The Kier molecular flexibility index (Phi) is 4.52. The normalized spacial score (nSPS) is 10.5. The first-order valence-corrected chi connectivity index (χ1v) is 6.82. The van der Waals surface area contributed by atoms with E-state index in [0.717, 1.165) is 0 Å². The van der Waals surface area contributed by atoms with Gasteiger partial charge in [-0.25, -0.2) is 14.2 Å². The van der Waals surface area contributed by atoms with E-state index in [-0.39, 0.29) is 17.7 Å². The number of ether oxygens (including phenoxy) is 1. The van der Waals surface area contributed by atoms with Gasteiger partial charge in [-0.05, 0) is 40.5 Å². The summed E-state index contributed by atoms with van der Waals surface area (Å²) in [5.74, 6) is -0.912. The third kappa shape index (κ3) is 3.18. The van der Waals surface area contributed by atoms with Gasteiger partial charge in [0.2, 0.25) is 0 Å². The molecule has 0 fully saturated rings. The summed E-state index contributed by atoms with van der Waals surface area (Å²) >= 11 is 3.12. The van der Waals surface area contributed by atoms with Gasteiger partial charge in [-0.15, -0.1) is 0 Å². The highest BCUT2D eigenvalue weighted by Gasteiger charge is 2.13. The predicted octanol–water partition coefficient (Wildman–Crippen LogP) is 2.29. The largest absolute Gasteiger partial charge is 0.465 e. The van der Waals surface area contributed by atoms with Crippen LogP contribution in [0.3, 0.4) is 0 Å². The van der Waals surface area contributed by atoms with Gasteiger partial charge in [0, 0.05) is 6.20 Å². The van der Waals surface area contributed by atoms with Crippen LogP contribution >= 0.6 is 15.9 Å². The molecule has 1 aromatic carbocycles. The summed E-state index contributed by atoms with van der Waals surface area (Å²) < 4.78 is 20.1. The van der Waals surface area contributed by atoms with Crippen LogP contribution in [-0.2, 0) is 11.3 Å². The molecule has 0 spiro atoms. The minimum Gasteiger partial charge on any atom is -0.465 e. The van der Waals surface area contributed by atoms with Crippen molar-refractivity contribution >= 4 is 21.9 Å². The molecule has 0 radical (unpaired) electrons. The molecule has 0 aliphatic carbocycles. The van der Waals surface area contributed by atoms with Crippen molar-refractivity contribution in [2.24, 2.45) is 0 Å². The zero-order valence-electron chi connectivity index (χ0n) is 11.4. The van der Waals surface area contributed by atoms with Crippen LogP contribution in [-0.4, -0.2) is 22.6 Å². The minimum absolute atomic E-state index is 0.141. The molecule has 2 rings (SSSR count). The molecule has 0 aliphatic rings. The van der Waals surface area contributed by atoms with Crippen molar-refractivity contribution in [3.05, 3.63) is 62.0 Å². The fourth-order valence-corrected chi connectivity index (χ4v) is 2.17. The zero-order valence-corrected chi connectivity index (χ0v) is 13.0. The molecule has 0 N–H and O–H groups in total. The van der Waals surface area contributed by atoms with Crippen LogP contribution in [0.2, 0.25) is 0 Å². The molecule has 5 nitrogen and oxygen atoms in total. The Morgan fingerprint density at radius 1 is 1.48 bits per heavy atom. The monoisotopic (exact) mass is 354 g/mol. The van der Waals surface area contributed by atoms with Crippen LogP contribution in [0.25, 0.3) is 0 Å². The van der Waals surface area contributed by atoms with E-state index in [1.54, 1.807) is 13.0 Å². The molecule has 0 saturated carbocycles. The molecule has 1 heterocycles. The smallest absolute Gasteiger partial charge is 0.340 e. The number of hydrogen-bond acceptors (Lipinski definition) is 4. The molecular weight excluding hydrogens is 343 g/mol. The third-order valence-electron chi connectivity index (χ3n) is 2.98. The van der Waals surface area contributed by atoms with Gasteiger partial charge in [0.15, 0.2) is 0 Å². The van der Waals surface area contributed by atoms with Crippen molar-refractivity contribution < 1.29 is 13.9 Å². The number of halogens is 2. The molecule has 0 amide bonds. The number of esters is 1. The number of nitrogens with zero attached hydrogens (tertiary/aromatic N) is 2. The van der Waals surface area contributed by atoms with Gasteiger partial charge < -0.3 is 4.74 Å². The molecule has 1 aromatic heterocycles. The highest BCUT2D eigenvalue weighted by Crippen LogP contribution is 2.13. The van der Waals surface area contributed by atoms with Crippen molar-refractivity contribution in [1.82, 2.24) is 9.55 Å². The topological polar surface area (TPSA) is 61.2 Å². The van der Waals surface area contributed by atoms with Crippen LogP contribution in [0.15, 0.2) is 33.7 Å². The maximum Gasteiger partial charge on any atom is 0.340 e. The molecule has 2 aromatic rings. The fourth-order valence-electron chi connectivity index (χ4n) is 1.85. The lowest BCUT2D eigenvalue weighted by Gasteiger charge is -2.10. The molecular formula is C14H12BrFN2O3. The summed E-state index contributed by atoms with van der Waals surface area (Å²) in [6.07, 6.45) is 1.43. The van der Waals surface area contributed by atoms with E-state index < -0.39 is 11.8 Å². The van der Waals surface area contributed by atoms with Crippen LogP contribution in [0, 0.1) is 12.7 Å². The summed E-state index contributed by atoms with van der Waals surface area (Å²) in [6.45, 7) is 1.85. The van der Waals surface area contributed by atoms with E-state index in [1.165, 1.54) is 30.0 Å². The standard InChI is InChI=1S/C14H12BrFN2O3/c1-8-17-6-11(15)13(19)18(8)7-9-3-4-10(12(16)5-9)14(20)21-2/h3-6H,7H2,1-2H3. The number of benzene rings is 1. The van der Waals surface area contributed by atoms with E-state index in [1.807, 2.05) is 0 Å². The van der Waals surface area contributed by atoms with Gasteiger partial charge in [0.25, 0.3) is 5.56 Å². The second-order valence-electron chi connectivity index (χ2n) is 4.35. The van der Waals surface area contributed by atoms with Crippen LogP contribution in [0.1, 0.15) is 21.7 Å². The van der Waals surface area contributed by atoms with E-state index >= 15 is 0 Å². The van der Waals surface area contributed by atoms with E-state index in [2.05, 4.69) is 25.7 Å². The van der Waals surface area contributed by atoms with Crippen molar-refractivity contribution in [3.63, 3.8) is 0 Å². The second-order valence-corrected chi connectivity index (χ2v) is 5.20. The van der Waals surface area contributed by atoms with Gasteiger partial charge in [0.05, 0.1) is 19.2 Å². The lowest BCUT2D eigenvalue weighted by Crippen LogP contribution is -2.24. The Bertz CT molecular complexity index is 758. The summed E-state index contributed by atoms with van der Waals surface area (Å²) in [4.78, 5) is 27.4. The maximum absolute atomic E-state index is 13.9. The SMILES string of the molecule is COC(=O)c1ccc(Cn2c(C)ncc(Br)c2=O)cc1F. The highest BCUT2D eigenvalue weighted by molar-refractivity contribution is 9.10. The van der Waals surface area contributed by atoms with Crippen molar-refractivity contribution in [2.75, 3.05) is 7.11 Å². The Balaban J connectivity index is 2.38. The highest BCUT2D eigenvalue weighted by atomic mass is 79.9. The maximum atomic E-state index is 13.9. The molecule has 21 heavy (non-hydrogen) atoms. The number of carbonyl (C=O) groups is 1. The van der Waals surface area contributed by atoms with Crippen molar-refractivity contribution in [1.29, 1.82) is 0 Å². The second kappa shape index (κ2) is 6.17. The summed E-state index contributed by atoms with van der Waals surface area (Å²) in [6, 6.07) is 4.11. The molecule has 0 atom stereocenters. The Morgan fingerprint density at radius 2 is 2.19 bits per heavy atom. The Morgan fingerprint density at radius 3 is 2.81 bits per heavy atom. The van der Waals surface area contributed by atoms with Gasteiger partial charge in [-0.3, -0.25) is 9.36 Å². The lowest BCUT2D eigenvalue weighted by molar-refractivity contribution is 0.0595. The first-order valence-electron chi connectivity index (χ1n) is 6.02. The van der Waals surface area contributed by atoms with E-state index in [9.17, 15) is 14.0 Å². The minimum atomic E-state index is -0.739. The molecule has 0 bridgehead atoms. The van der Waals surface area contributed by atoms with E-state index in [4.69, 9.17) is 0 Å². The Labute approximate surface area is 128 Å². The van der Waals surface area contributed by atoms with Gasteiger partial charge >= 0.3 is 5.97 Å². The first-order chi connectivity index (χ1) is 9.93. The van der Waals surface area contributed by atoms with Crippen LogP contribution in [0.5, 0.6) is 0 Å². The van der Waals surface area contributed by atoms with Gasteiger partial charge in [-0.2, -0.15) is 0 Å². The molecule has 0 saturated heterocycles. The van der Waals surface area contributed by atoms with Crippen LogP contribution in [0.4, 0.5) is 4.39 Å². The van der Waals surface area contributed by atoms with Crippen molar-refractivity contribution in [3.8, 4) is 0 Å². The molecule has 0 unspecified atom stereocenters. The molecule has 0 aliphatic heterocycles. The van der Waals surface area contributed by atoms with E-state index in [0.29, 0.717) is 15.9 Å².